The van der Waals surface area contributed by atoms with Gasteiger partial charge in [0.1, 0.15) is 5.69 Å². The number of hydrogen-bond donors (Lipinski definition) is 2. The summed E-state index contributed by atoms with van der Waals surface area (Å²) >= 11 is 0. The van der Waals surface area contributed by atoms with Crippen LogP contribution < -0.4 is 11.1 Å². The van der Waals surface area contributed by atoms with E-state index in [-0.39, 0.29) is 11.6 Å². The zero-order chi connectivity index (χ0) is 17.0. The third-order valence-electron chi connectivity index (χ3n) is 3.15. The van der Waals surface area contributed by atoms with Gasteiger partial charge in [-0.15, -0.1) is 0 Å². The van der Waals surface area contributed by atoms with Gasteiger partial charge >= 0.3 is 12.0 Å². The van der Waals surface area contributed by atoms with Gasteiger partial charge in [0.2, 0.25) is 0 Å². The lowest BCUT2D eigenvalue weighted by Crippen LogP contribution is -2.45. The molecule has 2 rings (SSSR count). The van der Waals surface area contributed by atoms with Crippen molar-refractivity contribution >= 4 is 28.8 Å². The van der Waals surface area contributed by atoms with Crippen LogP contribution in [0.3, 0.4) is 0 Å². The van der Waals surface area contributed by atoms with Crippen LogP contribution in [0.25, 0.3) is 10.9 Å². The zero-order valence-electron chi connectivity index (χ0n) is 12.8. The van der Waals surface area contributed by atoms with E-state index >= 15 is 0 Å². The van der Waals surface area contributed by atoms with Crippen molar-refractivity contribution in [3.63, 3.8) is 0 Å². The van der Waals surface area contributed by atoms with Crippen LogP contribution in [0.5, 0.6) is 0 Å². The fourth-order valence-electron chi connectivity index (χ4n) is 2.04. The summed E-state index contributed by atoms with van der Waals surface area (Å²) in [5.74, 6) is -1.84. The van der Waals surface area contributed by atoms with Crippen molar-refractivity contribution in [2.24, 2.45) is 11.7 Å². The van der Waals surface area contributed by atoms with Crippen LogP contribution in [0, 0.1) is 5.92 Å². The van der Waals surface area contributed by atoms with Crippen LogP contribution in [0.2, 0.25) is 0 Å². The molecule has 0 saturated carbocycles. The van der Waals surface area contributed by atoms with E-state index in [1.807, 2.05) is 23.5 Å². The predicted molar refractivity (Wildman–Crippen MR) is 83.5 cm³/mol. The van der Waals surface area contributed by atoms with E-state index in [4.69, 9.17) is 10.5 Å². The molecule has 1 aromatic heterocycles. The minimum absolute atomic E-state index is 0.0845. The molecule has 0 spiro atoms. The number of primary amides is 1. The minimum Gasteiger partial charge on any atom is -0.447 e. The van der Waals surface area contributed by atoms with Crippen LogP contribution in [0.1, 0.15) is 24.3 Å². The zero-order valence-corrected chi connectivity index (χ0v) is 12.8. The topological polar surface area (TPSA) is 111 Å². The van der Waals surface area contributed by atoms with Crippen LogP contribution >= 0.6 is 0 Å². The third kappa shape index (κ3) is 4.03. The molecular weight excluding hydrogens is 298 g/mol. The molecule has 7 nitrogen and oxygen atoms in total. The summed E-state index contributed by atoms with van der Waals surface area (Å²) in [5, 5.41) is 2.80. The largest absolute Gasteiger partial charge is 0.447 e. The van der Waals surface area contributed by atoms with E-state index in [0.29, 0.717) is 5.52 Å². The Kier molecular flexibility index (Phi) is 4.90. The van der Waals surface area contributed by atoms with E-state index in [0.717, 1.165) is 5.39 Å². The number of rotatable bonds is 4. The fourth-order valence-corrected chi connectivity index (χ4v) is 2.04. The van der Waals surface area contributed by atoms with E-state index in [1.165, 1.54) is 6.07 Å². The van der Waals surface area contributed by atoms with Crippen LogP contribution in [-0.4, -0.2) is 29.0 Å². The molecule has 0 bridgehead atoms. The van der Waals surface area contributed by atoms with Crippen molar-refractivity contribution in [1.29, 1.82) is 0 Å². The predicted octanol–water partition coefficient (Wildman–Crippen LogP) is 1.61. The second-order valence-electron chi connectivity index (χ2n) is 5.31. The summed E-state index contributed by atoms with van der Waals surface area (Å²) in [4.78, 5) is 39.1. The lowest BCUT2D eigenvalue weighted by molar-refractivity contribution is -0.130. The summed E-state index contributed by atoms with van der Waals surface area (Å²) in [6.07, 6.45) is -1.14. The Hall–Kier alpha value is -2.96. The number of imide groups is 1. The number of benzene rings is 1. The molecule has 1 atom stereocenters. The van der Waals surface area contributed by atoms with E-state index in [2.05, 4.69) is 4.98 Å². The van der Waals surface area contributed by atoms with E-state index in [9.17, 15) is 14.4 Å². The minimum atomic E-state index is -1.14. The summed E-state index contributed by atoms with van der Waals surface area (Å²) in [6.45, 7) is 3.37. The van der Waals surface area contributed by atoms with Crippen molar-refractivity contribution in [3.8, 4) is 0 Å². The Bertz CT molecular complexity index is 758. The number of amides is 3. The molecule has 0 aliphatic rings. The molecule has 2 aromatic rings. The molecule has 0 saturated heterocycles. The average molecular weight is 315 g/mol. The molecule has 120 valence electrons. The van der Waals surface area contributed by atoms with Gasteiger partial charge in [-0.3, -0.25) is 10.1 Å². The standard InChI is InChI=1S/C16H17N3O4/c1-9(2)13(14(20)19-16(17)22)23-15(21)12-8-7-10-5-3-4-6-11(10)18-12/h3-9,13H,1-2H3,(H3,17,19,20,22)/t13-/m0/s1. The van der Waals surface area contributed by atoms with Crippen LogP contribution in [0.15, 0.2) is 36.4 Å². The highest BCUT2D eigenvalue weighted by Gasteiger charge is 2.28. The second kappa shape index (κ2) is 6.87. The Morgan fingerprint density at radius 1 is 1.13 bits per heavy atom. The van der Waals surface area contributed by atoms with Crippen LogP contribution in [-0.2, 0) is 9.53 Å². The summed E-state index contributed by atoms with van der Waals surface area (Å²) in [7, 11) is 0. The number of nitrogens with one attached hydrogen (secondary N) is 1. The van der Waals surface area contributed by atoms with Crippen molar-refractivity contribution < 1.29 is 19.1 Å². The maximum atomic E-state index is 12.2. The van der Waals surface area contributed by atoms with Crippen molar-refractivity contribution in [1.82, 2.24) is 10.3 Å². The molecule has 0 aliphatic carbocycles. The van der Waals surface area contributed by atoms with Gasteiger partial charge in [-0.1, -0.05) is 38.1 Å². The molecule has 3 N–H and O–H groups in total. The highest BCUT2D eigenvalue weighted by molar-refractivity contribution is 5.98. The van der Waals surface area contributed by atoms with Gasteiger partial charge < -0.3 is 10.5 Å². The first kappa shape index (κ1) is 16.4. The number of fused-ring (bicyclic) bond motifs is 1. The molecule has 0 unspecified atom stereocenters. The maximum absolute atomic E-state index is 12.2. The number of pyridine rings is 1. The lowest BCUT2D eigenvalue weighted by Gasteiger charge is -2.19. The highest BCUT2D eigenvalue weighted by Crippen LogP contribution is 2.14. The number of esters is 1. The van der Waals surface area contributed by atoms with Gasteiger partial charge in [0.05, 0.1) is 5.52 Å². The van der Waals surface area contributed by atoms with Crippen molar-refractivity contribution in [3.05, 3.63) is 42.1 Å². The Morgan fingerprint density at radius 2 is 1.83 bits per heavy atom. The van der Waals surface area contributed by atoms with Crippen LogP contribution in [0.4, 0.5) is 4.79 Å². The smallest absolute Gasteiger partial charge is 0.357 e. The first-order valence-electron chi connectivity index (χ1n) is 7.05. The van der Waals surface area contributed by atoms with Gasteiger partial charge in [-0.2, -0.15) is 0 Å². The number of para-hydroxylation sites is 1. The first-order chi connectivity index (χ1) is 10.9. The number of nitrogens with two attached hydrogens (primary N) is 1. The SMILES string of the molecule is CC(C)[C@H](OC(=O)c1ccc2ccccc2n1)C(=O)NC(N)=O. The Labute approximate surface area is 132 Å². The van der Waals surface area contributed by atoms with Gasteiger partial charge in [0.15, 0.2) is 6.10 Å². The summed E-state index contributed by atoms with van der Waals surface area (Å²) in [6, 6.07) is 9.58. The fraction of sp³-hybridized carbons (Fsp3) is 0.250. The average Bonchev–Trinajstić information content (AvgIpc) is 2.50. The Balaban J connectivity index is 2.19. The van der Waals surface area contributed by atoms with E-state index in [1.54, 1.807) is 26.0 Å². The lowest BCUT2D eigenvalue weighted by atomic mass is 10.1. The number of ether oxygens (including phenoxy) is 1. The molecule has 0 aliphatic heterocycles. The summed E-state index contributed by atoms with van der Waals surface area (Å²) in [5.41, 5.74) is 5.64. The normalized spacial score (nSPS) is 12.0. The molecule has 23 heavy (non-hydrogen) atoms. The van der Waals surface area contributed by atoms with Crippen molar-refractivity contribution in [2.75, 3.05) is 0 Å². The maximum Gasteiger partial charge on any atom is 0.357 e. The van der Waals surface area contributed by atoms with E-state index < -0.39 is 24.0 Å². The quantitative estimate of drug-likeness (QED) is 0.833. The number of nitrogens with zero attached hydrogens (tertiary/aromatic N) is 1. The first-order valence-corrected chi connectivity index (χ1v) is 7.05. The molecule has 3 amide bonds. The highest BCUT2D eigenvalue weighted by atomic mass is 16.5. The molecular formula is C16H17N3O4. The molecule has 1 aromatic carbocycles. The van der Waals surface area contributed by atoms with Gasteiger partial charge in [0.25, 0.3) is 5.91 Å². The number of hydrogen-bond acceptors (Lipinski definition) is 5. The molecule has 1 heterocycles. The molecule has 0 radical (unpaired) electrons. The van der Waals surface area contributed by atoms with Gasteiger partial charge in [-0.05, 0) is 18.1 Å². The summed E-state index contributed by atoms with van der Waals surface area (Å²) < 4.78 is 5.19. The second-order valence-corrected chi connectivity index (χ2v) is 5.31. The number of carbonyl (C=O) groups is 3. The van der Waals surface area contributed by atoms with Gasteiger partial charge in [0, 0.05) is 5.39 Å². The number of urea groups is 1. The Morgan fingerprint density at radius 3 is 2.48 bits per heavy atom. The molecule has 7 heteroatoms. The number of carbonyl (C=O) groups excluding carboxylic acids is 3. The molecule has 0 fully saturated rings. The number of aromatic nitrogens is 1. The monoisotopic (exact) mass is 315 g/mol. The van der Waals surface area contributed by atoms with Crippen molar-refractivity contribution in [2.45, 2.75) is 20.0 Å². The third-order valence-corrected chi connectivity index (χ3v) is 3.15. The van der Waals surface area contributed by atoms with Gasteiger partial charge in [-0.25, -0.2) is 14.6 Å².